The molecule has 5 heteroatoms. The highest BCUT2D eigenvalue weighted by Crippen LogP contribution is 1.90. The van der Waals surface area contributed by atoms with Crippen LogP contribution in [0.2, 0.25) is 0 Å². The number of nitrogens with zero attached hydrogens (tertiary/aromatic N) is 2. The minimum Gasteiger partial charge on any atom is -0.354 e. The minimum atomic E-state index is 0.0242. The highest BCUT2D eigenvalue weighted by atomic mass is 16.2. The third-order valence-corrected chi connectivity index (χ3v) is 2.29. The minimum absolute atomic E-state index is 0.0242. The molecule has 0 unspecified atom stereocenters. The number of amides is 2. The van der Waals surface area contributed by atoms with Crippen molar-refractivity contribution in [3.05, 3.63) is 0 Å². The lowest BCUT2D eigenvalue weighted by Crippen LogP contribution is -2.40. The summed E-state index contributed by atoms with van der Waals surface area (Å²) in [6, 6.07) is 0. The normalized spacial score (nSPS) is 10.3. The van der Waals surface area contributed by atoms with E-state index in [0.717, 1.165) is 6.54 Å². The molecule has 0 saturated carbocycles. The zero-order valence-electron chi connectivity index (χ0n) is 10.7. The van der Waals surface area contributed by atoms with Crippen molar-refractivity contribution in [2.45, 2.75) is 20.3 Å². The third-order valence-electron chi connectivity index (χ3n) is 2.29. The van der Waals surface area contributed by atoms with Crippen LogP contribution in [0.25, 0.3) is 0 Å². The van der Waals surface area contributed by atoms with Gasteiger partial charge in [-0.1, -0.05) is 6.92 Å². The Labute approximate surface area is 97.8 Å². The number of rotatable bonds is 7. The molecule has 0 aliphatic carbocycles. The SMILES string of the molecule is CCC(=O)NCCN(CCN(C)C)C(C)=O. The molecule has 16 heavy (non-hydrogen) atoms. The van der Waals surface area contributed by atoms with Crippen molar-refractivity contribution in [1.82, 2.24) is 15.1 Å². The average molecular weight is 229 g/mol. The fourth-order valence-corrected chi connectivity index (χ4v) is 1.20. The largest absolute Gasteiger partial charge is 0.354 e. The van der Waals surface area contributed by atoms with Crippen molar-refractivity contribution in [2.75, 3.05) is 40.3 Å². The summed E-state index contributed by atoms with van der Waals surface area (Å²) < 4.78 is 0. The van der Waals surface area contributed by atoms with Gasteiger partial charge in [-0.2, -0.15) is 0 Å². The predicted octanol–water partition coefficient (Wildman–Crippen LogP) is -0.0773. The summed E-state index contributed by atoms with van der Waals surface area (Å²) in [4.78, 5) is 26.1. The number of hydrogen-bond acceptors (Lipinski definition) is 3. The Bertz CT molecular complexity index is 229. The molecule has 0 fully saturated rings. The first-order valence-electron chi connectivity index (χ1n) is 5.64. The zero-order chi connectivity index (χ0) is 12.6. The van der Waals surface area contributed by atoms with Gasteiger partial charge in [0, 0.05) is 39.5 Å². The first kappa shape index (κ1) is 14.9. The van der Waals surface area contributed by atoms with E-state index in [0.29, 0.717) is 26.1 Å². The van der Waals surface area contributed by atoms with E-state index in [-0.39, 0.29) is 11.8 Å². The van der Waals surface area contributed by atoms with Crippen LogP contribution in [0.5, 0.6) is 0 Å². The van der Waals surface area contributed by atoms with Crippen LogP contribution in [0.4, 0.5) is 0 Å². The van der Waals surface area contributed by atoms with Gasteiger partial charge in [0.05, 0.1) is 0 Å². The van der Waals surface area contributed by atoms with Gasteiger partial charge >= 0.3 is 0 Å². The molecular weight excluding hydrogens is 206 g/mol. The summed E-state index contributed by atoms with van der Waals surface area (Å²) in [7, 11) is 3.94. The van der Waals surface area contributed by atoms with E-state index in [1.54, 1.807) is 11.8 Å². The molecule has 0 saturated heterocycles. The van der Waals surface area contributed by atoms with E-state index in [4.69, 9.17) is 0 Å². The molecule has 2 amide bonds. The van der Waals surface area contributed by atoms with E-state index in [9.17, 15) is 9.59 Å². The number of carbonyl (C=O) groups is 2. The molecule has 0 heterocycles. The maximum absolute atomic E-state index is 11.3. The van der Waals surface area contributed by atoms with Crippen LogP contribution in [0, 0.1) is 0 Å². The van der Waals surface area contributed by atoms with Gasteiger partial charge in [0.15, 0.2) is 0 Å². The summed E-state index contributed by atoms with van der Waals surface area (Å²) in [5.74, 6) is 0.0729. The first-order valence-corrected chi connectivity index (χ1v) is 5.64. The summed E-state index contributed by atoms with van der Waals surface area (Å²) >= 11 is 0. The Balaban J connectivity index is 3.85. The highest BCUT2D eigenvalue weighted by molar-refractivity contribution is 5.75. The smallest absolute Gasteiger partial charge is 0.219 e. The number of hydrogen-bond donors (Lipinski definition) is 1. The van der Waals surface area contributed by atoms with Crippen molar-refractivity contribution in [3.63, 3.8) is 0 Å². The van der Waals surface area contributed by atoms with Crippen LogP contribution in [-0.2, 0) is 9.59 Å². The third kappa shape index (κ3) is 7.23. The molecule has 0 rings (SSSR count). The van der Waals surface area contributed by atoms with Crippen LogP contribution in [0.15, 0.2) is 0 Å². The van der Waals surface area contributed by atoms with Crippen molar-refractivity contribution >= 4 is 11.8 Å². The molecule has 94 valence electrons. The highest BCUT2D eigenvalue weighted by Gasteiger charge is 2.08. The lowest BCUT2D eigenvalue weighted by Gasteiger charge is -2.23. The summed E-state index contributed by atoms with van der Waals surface area (Å²) in [5, 5.41) is 2.76. The van der Waals surface area contributed by atoms with E-state index < -0.39 is 0 Å². The number of carbonyl (C=O) groups excluding carboxylic acids is 2. The second-order valence-electron chi connectivity index (χ2n) is 4.01. The molecular formula is C11H23N3O2. The topological polar surface area (TPSA) is 52.7 Å². The first-order chi connectivity index (χ1) is 7.47. The Hall–Kier alpha value is -1.10. The van der Waals surface area contributed by atoms with E-state index in [1.807, 2.05) is 25.9 Å². The zero-order valence-corrected chi connectivity index (χ0v) is 10.7. The van der Waals surface area contributed by atoms with Crippen molar-refractivity contribution < 1.29 is 9.59 Å². The van der Waals surface area contributed by atoms with E-state index in [1.165, 1.54) is 0 Å². The number of likely N-dealkylation sites (N-methyl/N-ethyl adjacent to an activating group) is 1. The lowest BCUT2D eigenvalue weighted by atomic mass is 10.4. The molecule has 5 nitrogen and oxygen atoms in total. The fraction of sp³-hybridized carbons (Fsp3) is 0.818. The van der Waals surface area contributed by atoms with Gasteiger partial charge in [0.2, 0.25) is 11.8 Å². The molecule has 0 aliphatic heterocycles. The van der Waals surface area contributed by atoms with Gasteiger partial charge in [-0.15, -0.1) is 0 Å². The summed E-state index contributed by atoms with van der Waals surface area (Å²) in [5.41, 5.74) is 0. The van der Waals surface area contributed by atoms with Crippen molar-refractivity contribution in [1.29, 1.82) is 0 Å². The molecule has 0 atom stereocenters. The molecule has 0 aromatic heterocycles. The Kier molecular flexibility index (Phi) is 7.54. The van der Waals surface area contributed by atoms with Gasteiger partial charge in [-0.25, -0.2) is 0 Å². The van der Waals surface area contributed by atoms with Crippen LogP contribution in [-0.4, -0.2) is 61.9 Å². The maximum atomic E-state index is 11.3. The molecule has 0 radical (unpaired) electrons. The number of nitrogens with one attached hydrogen (secondary N) is 1. The molecule has 0 aliphatic rings. The Morgan fingerprint density at radius 3 is 2.19 bits per heavy atom. The van der Waals surface area contributed by atoms with Gasteiger partial charge < -0.3 is 15.1 Å². The fourth-order valence-electron chi connectivity index (χ4n) is 1.20. The van der Waals surface area contributed by atoms with Gasteiger partial charge in [-0.05, 0) is 14.1 Å². The molecule has 0 bridgehead atoms. The van der Waals surface area contributed by atoms with Crippen LogP contribution in [0.3, 0.4) is 0 Å². The van der Waals surface area contributed by atoms with Crippen LogP contribution in [0.1, 0.15) is 20.3 Å². The quantitative estimate of drug-likeness (QED) is 0.664. The standard InChI is InChI=1S/C11H23N3O2/c1-5-11(16)12-6-7-14(10(2)15)9-8-13(3)4/h5-9H2,1-4H3,(H,12,16). The van der Waals surface area contributed by atoms with Gasteiger partial charge in [-0.3, -0.25) is 9.59 Å². The Morgan fingerprint density at radius 1 is 1.12 bits per heavy atom. The van der Waals surface area contributed by atoms with Crippen LogP contribution < -0.4 is 5.32 Å². The predicted molar refractivity (Wildman–Crippen MR) is 64.1 cm³/mol. The molecule has 1 N–H and O–H groups in total. The monoisotopic (exact) mass is 229 g/mol. The van der Waals surface area contributed by atoms with Gasteiger partial charge in [0.25, 0.3) is 0 Å². The lowest BCUT2D eigenvalue weighted by molar-refractivity contribution is -0.129. The van der Waals surface area contributed by atoms with Crippen molar-refractivity contribution in [2.24, 2.45) is 0 Å². The molecule has 0 aromatic carbocycles. The van der Waals surface area contributed by atoms with Gasteiger partial charge in [0.1, 0.15) is 0 Å². The molecule has 0 aromatic rings. The average Bonchev–Trinajstić information content (AvgIpc) is 2.21. The molecule has 0 spiro atoms. The van der Waals surface area contributed by atoms with Crippen LogP contribution >= 0.6 is 0 Å². The Morgan fingerprint density at radius 2 is 1.75 bits per heavy atom. The van der Waals surface area contributed by atoms with E-state index >= 15 is 0 Å². The second-order valence-corrected chi connectivity index (χ2v) is 4.01. The summed E-state index contributed by atoms with van der Waals surface area (Å²) in [6.07, 6.45) is 0.484. The second kappa shape index (κ2) is 8.10. The van der Waals surface area contributed by atoms with Crippen molar-refractivity contribution in [3.8, 4) is 0 Å². The maximum Gasteiger partial charge on any atom is 0.219 e. The van der Waals surface area contributed by atoms with E-state index in [2.05, 4.69) is 5.32 Å². The summed E-state index contributed by atoms with van der Waals surface area (Å²) in [6.45, 7) is 6.00.